The molecular formula is C27H25F3N4O. The lowest BCUT2D eigenvalue weighted by atomic mass is 10.2. The van der Waals surface area contributed by atoms with Crippen molar-refractivity contribution in [2.45, 2.75) is 13.1 Å². The molecule has 0 aliphatic heterocycles. The largest absolute Gasteiger partial charge is 0.378 e. The van der Waals surface area contributed by atoms with Gasteiger partial charge in [0.2, 0.25) is 0 Å². The number of hydrogen-bond acceptors (Lipinski definition) is 2. The van der Waals surface area contributed by atoms with Crippen molar-refractivity contribution >= 4 is 17.4 Å². The smallest absolute Gasteiger partial charge is 0.322 e. The fourth-order valence-corrected chi connectivity index (χ4v) is 3.75. The first-order valence-corrected chi connectivity index (χ1v) is 11.0. The molecule has 3 aromatic carbocycles. The highest BCUT2D eigenvalue weighted by Crippen LogP contribution is 2.23. The number of nitrogens with zero attached hydrogens (tertiary/aromatic N) is 3. The van der Waals surface area contributed by atoms with Crippen molar-refractivity contribution < 1.29 is 18.0 Å². The molecule has 180 valence electrons. The number of carbonyl (C=O) groups is 1. The molecule has 0 saturated carbocycles. The number of halogens is 3. The SMILES string of the molecule is CN(C)c1ccc(-n2cccc2CN(Cc2ccccc2)C(=O)Nc2c(F)cc(F)cc2F)cc1. The average Bonchev–Trinajstić information content (AvgIpc) is 3.29. The van der Waals surface area contributed by atoms with Gasteiger partial charge in [0.1, 0.15) is 11.5 Å². The lowest BCUT2D eigenvalue weighted by Gasteiger charge is -2.24. The van der Waals surface area contributed by atoms with Crippen LogP contribution in [-0.4, -0.2) is 29.6 Å². The molecule has 0 radical (unpaired) electrons. The third kappa shape index (κ3) is 5.66. The summed E-state index contributed by atoms with van der Waals surface area (Å²) < 4.78 is 43.6. The fourth-order valence-electron chi connectivity index (χ4n) is 3.75. The van der Waals surface area contributed by atoms with Gasteiger partial charge in [0.15, 0.2) is 11.6 Å². The second kappa shape index (κ2) is 10.4. The summed E-state index contributed by atoms with van der Waals surface area (Å²) in [5, 5.41) is 2.27. The normalized spacial score (nSPS) is 10.8. The Balaban J connectivity index is 1.62. The molecule has 0 bridgehead atoms. The van der Waals surface area contributed by atoms with E-state index in [0.717, 1.165) is 22.6 Å². The monoisotopic (exact) mass is 478 g/mol. The van der Waals surface area contributed by atoms with E-state index in [-0.39, 0.29) is 13.1 Å². The molecule has 2 amide bonds. The van der Waals surface area contributed by atoms with E-state index in [9.17, 15) is 18.0 Å². The van der Waals surface area contributed by atoms with Crippen LogP contribution in [0.5, 0.6) is 0 Å². The quantitative estimate of drug-likeness (QED) is 0.344. The molecule has 1 heterocycles. The Bertz CT molecular complexity index is 1280. The zero-order valence-corrected chi connectivity index (χ0v) is 19.4. The van der Waals surface area contributed by atoms with Gasteiger partial charge in [-0.2, -0.15) is 0 Å². The third-order valence-electron chi connectivity index (χ3n) is 5.57. The molecule has 1 aromatic heterocycles. The zero-order chi connectivity index (χ0) is 24.9. The van der Waals surface area contributed by atoms with Crippen molar-refractivity contribution in [2.24, 2.45) is 0 Å². The summed E-state index contributed by atoms with van der Waals surface area (Å²) in [7, 11) is 3.92. The molecular weight excluding hydrogens is 453 g/mol. The van der Waals surface area contributed by atoms with Crippen LogP contribution in [0.15, 0.2) is 85.1 Å². The molecule has 0 fully saturated rings. The van der Waals surface area contributed by atoms with Crippen molar-refractivity contribution in [1.82, 2.24) is 9.47 Å². The van der Waals surface area contributed by atoms with Crippen LogP contribution in [-0.2, 0) is 13.1 Å². The third-order valence-corrected chi connectivity index (χ3v) is 5.57. The van der Waals surface area contributed by atoms with Crippen LogP contribution in [0.3, 0.4) is 0 Å². The van der Waals surface area contributed by atoms with Crippen LogP contribution >= 0.6 is 0 Å². The van der Waals surface area contributed by atoms with Crippen LogP contribution < -0.4 is 10.2 Å². The average molecular weight is 479 g/mol. The van der Waals surface area contributed by atoms with E-state index in [4.69, 9.17) is 0 Å². The second-order valence-corrected chi connectivity index (χ2v) is 8.30. The van der Waals surface area contributed by atoms with Crippen LogP contribution in [0, 0.1) is 17.5 Å². The minimum Gasteiger partial charge on any atom is -0.378 e. The Kier molecular flexibility index (Phi) is 7.10. The number of benzene rings is 3. The highest BCUT2D eigenvalue weighted by atomic mass is 19.1. The molecule has 0 atom stereocenters. The molecule has 0 aliphatic carbocycles. The summed E-state index contributed by atoms with van der Waals surface area (Å²) in [4.78, 5) is 16.6. The maximum absolute atomic E-state index is 14.2. The Morgan fingerprint density at radius 1 is 0.857 bits per heavy atom. The topological polar surface area (TPSA) is 40.5 Å². The van der Waals surface area contributed by atoms with Crippen LogP contribution in [0.2, 0.25) is 0 Å². The van der Waals surface area contributed by atoms with Gasteiger partial charge in [-0.3, -0.25) is 0 Å². The van der Waals surface area contributed by atoms with Crippen molar-refractivity contribution in [1.29, 1.82) is 0 Å². The summed E-state index contributed by atoms with van der Waals surface area (Å²) in [6.45, 7) is 0.357. The van der Waals surface area contributed by atoms with Crippen molar-refractivity contribution in [3.8, 4) is 5.69 Å². The number of aromatic nitrogens is 1. The van der Waals surface area contributed by atoms with E-state index in [1.807, 2.05) is 96.5 Å². The minimum atomic E-state index is -1.18. The van der Waals surface area contributed by atoms with E-state index in [2.05, 4.69) is 5.32 Å². The molecule has 1 N–H and O–H groups in total. The molecule has 35 heavy (non-hydrogen) atoms. The van der Waals surface area contributed by atoms with Gasteiger partial charge < -0.3 is 19.7 Å². The number of carbonyl (C=O) groups excluding carboxylic acids is 1. The van der Waals surface area contributed by atoms with E-state index in [0.29, 0.717) is 12.1 Å². The van der Waals surface area contributed by atoms with Crippen molar-refractivity contribution in [2.75, 3.05) is 24.3 Å². The van der Waals surface area contributed by atoms with E-state index >= 15 is 0 Å². The van der Waals surface area contributed by atoms with Gasteiger partial charge in [-0.15, -0.1) is 0 Å². The van der Waals surface area contributed by atoms with Gasteiger partial charge in [0.05, 0.1) is 6.54 Å². The molecule has 0 spiro atoms. The summed E-state index contributed by atoms with van der Waals surface area (Å²) in [6.07, 6.45) is 1.89. The highest BCUT2D eigenvalue weighted by Gasteiger charge is 2.21. The summed E-state index contributed by atoms with van der Waals surface area (Å²) in [6, 6.07) is 21.3. The molecule has 0 saturated heterocycles. The number of urea groups is 1. The van der Waals surface area contributed by atoms with Crippen molar-refractivity contribution in [3.05, 3.63) is 114 Å². The first-order chi connectivity index (χ1) is 16.8. The number of rotatable bonds is 7. The van der Waals surface area contributed by atoms with Crippen LogP contribution in [0.4, 0.5) is 29.3 Å². The van der Waals surface area contributed by atoms with E-state index < -0.39 is 29.2 Å². The maximum atomic E-state index is 14.2. The highest BCUT2D eigenvalue weighted by molar-refractivity contribution is 5.89. The predicted octanol–water partition coefficient (Wildman–Crippen LogP) is 6.19. The van der Waals surface area contributed by atoms with Gasteiger partial charge in [-0.1, -0.05) is 30.3 Å². The lowest BCUT2D eigenvalue weighted by molar-refractivity contribution is 0.205. The van der Waals surface area contributed by atoms with Gasteiger partial charge in [0.25, 0.3) is 0 Å². The molecule has 5 nitrogen and oxygen atoms in total. The summed E-state index contributed by atoms with van der Waals surface area (Å²) in [5.41, 5.74) is 2.91. The first kappa shape index (κ1) is 23.9. The number of hydrogen-bond donors (Lipinski definition) is 1. The van der Waals surface area contributed by atoms with E-state index in [1.54, 1.807) is 0 Å². The lowest BCUT2D eigenvalue weighted by Crippen LogP contribution is -2.35. The number of amides is 2. The standard InChI is InChI=1S/C27H25F3N4O/c1-32(2)21-10-12-22(13-11-21)34-14-6-9-23(34)18-33(17-19-7-4-3-5-8-19)27(35)31-26-24(29)15-20(28)16-25(26)30/h3-16H,17-18H2,1-2H3,(H,31,35). The van der Waals surface area contributed by atoms with Gasteiger partial charge in [0, 0.05) is 56.0 Å². The van der Waals surface area contributed by atoms with Crippen LogP contribution in [0.1, 0.15) is 11.3 Å². The van der Waals surface area contributed by atoms with Gasteiger partial charge in [-0.25, -0.2) is 18.0 Å². The Morgan fingerprint density at radius 3 is 2.14 bits per heavy atom. The van der Waals surface area contributed by atoms with Crippen molar-refractivity contribution in [3.63, 3.8) is 0 Å². The summed E-state index contributed by atoms with van der Waals surface area (Å²) >= 11 is 0. The maximum Gasteiger partial charge on any atom is 0.322 e. The molecule has 0 aliphatic rings. The molecule has 8 heteroatoms. The van der Waals surface area contributed by atoms with Crippen LogP contribution in [0.25, 0.3) is 5.69 Å². The Hall–Kier alpha value is -4.20. The first-order valence-electron chi connectivity index (χ1n) is 11.0. The predicted molar refractivity (Wildman–Crippen MR) is 131 cm³/mol. The van der Waals surface area contributed by atoms with Gasteiger partial charge in [-0.05, 0) is 42.0 Å². The zero-order valence-electron chi connectivity index (χ0n) is 19.4. The fraction of sp³-hybridized carbons (Fsp3) is 0.148. The number of nitrogens with one attached hydrogen (secondary N) is 1. The molecule has 0 unspecified atom stereocenters. The summed E-state index contributed by atoms with van der Waals surface area (Å²) in [5.74, 6) is -3.42. The second-order valence-electron chi connectivity index (χ2n) is 8.30. The molecule has 4 rings (SSSR count). The minimum absolute atomic E-state index is 0.160. The Morgan fingerprint density at radius 2 is 1.51 bits per heavy atom. The number of anilines is 2. The van der Waals surface area contributed by atoms with E-state index in [1.165, 1.54) is 4.90 Å². The Labute approximate surface area is 202 Å². The molecule has 4 aromatic rings. The van der Waals surface area contributed by atoms with Gasteiger partial charge >= 0.3 is 6.03 Å².